The molecule has 0 bridgehead atoms. The van der Waals surface area contributed by atoms with Gasteiger partial charge in [0.25, 0.3) is 0 Å². The second-order valence-electron chi connectivity index (χ2n) is 6.55. The van der Waals surface area contributed by atoms with E-state index in [1.54, 1.807) is 12.1 Å². The van der Waals surface area contributed by atoms with Crippen molar-refractivity contribution in [3.8, 4) is 0 Å². The van der Waals surface area contributed by atoms with E-state index >= 15 is 0 Å². The Morgan fingerprint density at radius 2 is 1.95 bits per heavy atom. The third-order valence-corrected chi connectivity index (χ3v) is 4.93. The highest BCUT2D eigenvalue weighted by molar-refractivity contribution is 6.31. The van der Waals surface area contributed by atoms with Crippen molar-refractivity contribution in [3.63, 3.8) is 0 Å². The molecule has 0 heterocycles. The molecule has 1 unspecified atom stereocenters. The van der Waals surface area contributed by atoms with Gasteiger partial charge in [-0.25, -0.2) is 4.39 Å². The van der Waals surface area contributed by atoms with Crippen LogP contribution in [0.25, 0.3) is 0 Å². The van der Waals surface area contributed by atoms with E-state index in [0.29, 0.717) is 10.9 Å². The molecule has 0 aliphatic heterocycles. The lowest BCUT2D eigenvalue weighted by atomic mass is 9.70. The molecule has 0 radical (unpaired) electrons. The molecule has 1 nitrogen and oxygen atoms in total. The lowest BCUT2D eigenvalue weighted by molar-refractivity contribution is 0.161. The predicted molar refractivity (Wildman–Crippen MR) is 83.6 cm³/mol. The monoisotopic (exact) mass is 297 g/mol. The zero-order valence-corrected chi connectivity index (χ0v) is 13.4. The fraction of sp³-hybridized carbons (Fsp3) is 0.647. The summed E-state index contributed by atoms with van der Waals surface area (Å²) in [6.45, 7) is 4.53. The van der Waals surface area contributed by atoms with Crippen molar-refractivity contribution in [2.24, 2.45) is 11.3 Å². The summed E-state index contributed by atoms with van der Waals surface area (Å²) in [5.41, 5.74) is 1.12. The average molecular weight is 298 g/mol. The molecular weight excluding hydrogens is 273 g/mol. The number of benzene rings is 1. The number of halogens is 2. The molecule has 1 atom stereocenters. The third kappa shape index (κ3) is 3.17. The molecule has 0 amide bonds. The van der Waals surface area contributed by atoms with E-state index in [-0.39, 0.29) is 17.3 Å². The summed E-state index contributed by atoms with van der Waals surface area (Å²) in [5.74, 6) is 0.429. The molecule has 1 N–H and O–H groups in total. The van der Waals surface area contributed by atoms with Gasteiger partial charge in [-0.3, -0.25) is 0 Å². The van der Waals surface area contributed by atoms with Crippen LogP contribution in [0.1, 0.15) is 57.6 Å². The Hall–Kier alpha value is -0.600. The summed E-state index contributed by atoms with van der Waals surface area (Å²) in [6.07, 6.45) is 6.08. The van der Waals surface area contributed by atoms with Gasteiger partial charge in [0.05, 0.1) is 0 Å². The quantitative estimate of drug-likeness (QED) is 0.773. The Morgan fingerprint density at radius 3 is 2.50 bits per heavy atom. The Labute approximate surface area is 126 Å². The largest absolute Gasteiger partial charge is 0.312 e. The number of rotatable bonds is 5. The SMILES string of the molecule is CNC(c1cc(F)ccc1Cl)C1(CC(C)C)CCCC1. The van der Waals surface area contributed by atoms with Gasteiger partial charge in [0.2, 0.25) is 0 Å². The highest BCUT2D eigenvalue weighted by Gasteiger charge is 2.42. The second-order valence-corrected chi connectivity index (χ2v) is 6.96. The highest BCUT2D eigenvalue weighted by Crippen LogP contribution is 2.52. The van der Waals surface area contributed by atoms with Gasteiger partial charge in [0, 0.05) is 11.1 Å². The summed E-state index contributed by atoms with van der Waals surface area (Å²) in [5, 5.41) is 4.09. The summed E-state index contributed by atoms with van der Waals surface area (Å²) in [7, 11) is 1.96. The van der Waals surface area contributed by atoms with Crippen molar-refractivity contribution in [2.45, 2.75) is 52.0 Å². The van der Waals surface area contributed by atoms with E-state index in [4.69, 9.17) is 11.6 Å². The van der Waals surface area contributed by atoms with Crippen molar-refractivity contribution in [1.29, 1.82) is 0 Å². The summed E-state index contributed by atoms with van der Waals surface area (Å²) < 4.78 is 13.6. The lowest BCUT2D eigenvalue weighted by Crippen LogP contribution is -2.36. The molecule has 0 spiro atoms. The lowest BCUT2D eigenvalue weighted by Gasteiger charge is -2.39. The van der Waals surface area contributed by atoms with Gasteiger partial charge in [-0.15, -0.1) is 0 Å². The van der Waals surface area contributed by atoms with Crippen LogP contribution in [0.2, 0.25) is 5.02 Å². The molecular formula is C17H25ClFN. The van der Waals surface area contributed by atoms with Crippen molar-refractivity contribution >= 4 is 11.6 Å². The van der Waals surface area contributed by atoms with Crippen molar-refractivity contribution < 1.29 is 4.39 Å². The molecule has 1 aromatic carbocycles. The Balaban J connectivity index is 2.40. The van der Waals surface area contributed by atoms with E-state index in [1.807, 2.05) is 7.05 Å². The Morgan fingerprint density at radius 1 is 1.30 bits per heavy atom. The molecule has 1 aromatic rings. The molecule has 112 valence electrons. The van der Waals surface area contributed by atoms with Gasteiger partial charge in [-0.05, 0) is 61.4 Å². The van der Waals surface area contributed by atoms with Gasteiger partial charge < -0.3 is 5.32 Å². The van der Waals surface area contributed by atoms with Gasteiger partial charge in [0.15, 0.2) is 0 Å². The second kappa shape index (κ2) is 6.44. The van der Waals surface area contributed by atoms with Crippen LogP contribution in [0.4, 0.5) is 4.39 Å². The summed E-state index contributed by atoms with van der Waals surface area (Å²) in [6, 6.07) is 4.84. The average Bonchev–Trinajstić information content (AvgIpc) is 2.83. The fourth-order valence-electron chi connectivity index (χ4n) is 4.03. The zero-order valence-electron chi connectivity index (χ0n) is 12.7. The minimum absolute atomic E-state index is 0.135. The van der Waals surface area contributed by atoms with Crippen LogP contribution >= 0.6 is 11.6 Å². The maximum absolute atomic E-state index is 13.6. The topological polar surface area (TPSA) is 12.0 Å². The van der Waals surface area contributed by atoms with Crippen LogP contribution in [0.5, 0.6) is 0 Å². The molecule has 3 heteroatoms. The molecule has 1 saturated carbocycles. The predicted octanol–water partition coefficient (Wildman–Crippen LogP) is 5.35. The molecule has 1 fully saturated rings. The molecule has 20 heavy (non-hydrogen) atoms. The van der Waals surface area contributed by atoms with Gasteiger partial charge in [-0.2, -0.15) is 0 Å². The zero-order chi connectivity index (χ0) is 14.8. The maximum atomic E-state index is 13.6. The molecule has 0 aromatic heterocycles. The van der Waals surface area contributed by atoms with Crippen LogP contribution in [-0.2, 0) is 0 Å². The Bertz CT molecular complexity index is 452. The number of hydrogen-bond acceptors (Lipinski definition) is 1. The van der Waals surface area contributed by atoms with Crippen LogP contribution in [0.15, 0.2) is 18.2 Å². The molecule has 1 aliphatic rings. The van der Waals surface area contributed by atoms with E-state index in [0.717, 1.165) is 12.0 Å². The van der Waals surface area contributed by atoms with E-state index < -0.39 is 0 Å². The first-order valence-electron chi connectivity index (χ1n) is 7.61. The smallest absolute Gasteiger partial charge is 0.123 e. The minimum Gasteiger partial charge on any atom is -0.312 e. The number of nitrogens with one attached hydrogen (secondary N) is 1. The maximum Gasteiger partial charge on any atom is 0.123 e. The van der Waals surface area contributed by atoms with Crippen LogP contribution < -0.4 is 5.32 Å². The first-order chi connectivity index (χ1) is 9.48. The summed E-state index contributed by atoms with van der Waals surface area (Å²) in [4.78, 5) is 0. The van der Waals surface area contributed by atoms with E-state index in [1.165, 1.54) is 31.7 Å². The van der Waals surface area contributed by atoms with Crippen molar-refractivity contribution in [1.82, 2.24) is 5.32 Å². The highest BCUT2D eigenvalue weighted by atomic mass is 35.5. The minimum atomic E-state index is -0.206. The molecule has 0 saturated heterocycles. The van der Waals surface area contributed by atoms with Gasteiger partial charge in [0.1, 0.15) is 5.82 Å². The summed E-state index contributed by atoms with van der Waals surface area (Å²) >= 11 is 6.34. The normalized spacial score (nSPS) is 19.5. The molecule has 1 aliphatic carbocycles. The molecule has 2 rings (SSSR count). The van der Waals surface area contributed by atoms with E-state index in [9.17, 15) is 4.39 Å². The van der Waals surface area contributed by atoms with Crippen LogP contribution in [0.3, 0.4) is 0 Å². The third-order valence-electron chi connectivity index (χ3n) is 4.58. The first-order valence-corrected chi connectivity index (χ1v) is 7.98. The standard InChI is InChI=1S/C17H25ClFN/c1-12(2)11-17(8-4-5-9-17)16(20-3)14-10-13(19)6-7-15(14)18/h6-7,10,12,16,20H,4-5,8-9,11H2,1-3H3. The first kappa shape index (κ1) is 15.8. The van der Waals surface area contributed by atoms with Gasteiger partial charge in [-0.1, -0.05) is 38.3 Å². The fourth-order valence-corrected chi connectivity index (χ4v) is 4.26. The van der Waals surface area contributed by atoms with Crippen LogP contribution in [0, 0.1) is 17.2 Å². The van der Waals surface area contributed by atoms with E-state index in [2.05, 4.69) is 19.2 Å². The van der Waals surface area contributed by atoms with Gasteiger partial charge >= 0.3 is 0 Å². The van der Waals surface area contributed by atoms with Crippen molar-refractivity contribution in [3.05, 3.63) is 34.6 Å². The Kier molecular flexibility index (Phi) is 5.09. The number of hydrogen-bond donors (Lipinski definition) is 1. The van der Waals surface area contributed by atoms with Crippen molar-refractivity contribution in [2.75, 3.05) is 7.05 Å². The van der Waals surface area contributed by atoms with Crippen LogP contribution in [-0.4, -0.2) is 7.05 Å².